The Labute approximate surface area is 144 Å². The van der Waals surface area contributed by atoms with Crippen LogP contribution in [0.25, 0.3) is 0 Å². The number of sulfone groups is 1. The van der Waals surface area contributed by atoms with Gasteiger partial charge >= 0.3 is 0 Å². The van der Waals surface area contributed by atoms with Gasteiger partial charge in [0, 0.05) is 23.9 Å². The van der Waals surface area contributed by atoms with Crippen molar-refractivity contribution in [2.24, 2.45) is 0 Å². The number of nitrogens with one attached hydrogen (secondary N) is 1. The number of hydrogen-bond donors (Lipinski definition) is 1. The topological polar surface area (TPSA) is 63.2 Å². The number of rotatable bonds is 4. The Morgan fingerprint density at radius 3 is 2.28 bits per heavy atom. The van der Waals surface area contributed by atoms with Crippen molar-refractivity contribution in [3.8, 4) is 0 Å². The number of alkyl halides is 2. The number of anilines is 1. The number of amides is 1. The fraction of sp³-hybridized carbons (Fsp3) is 0.278. The Bertz CT molecular complexity index is 937. The summed E-state index contributed by atoms with van der Waals surface area (Å²) in [6.07, 6.45) is 0.932. The number of carbonyl (C=O) groups excluding carboxylic acids is 1. The smallest absolute Gasteiger partial charge is 0.255 e. The minimum absolute atomic E-state index is 0.0644. The third-order valence-corrected chi connectivity index (χ3v) is 5.39. The van der Waals surface area contributed by atoms with Crippen LogP contribution in [0.15, 0.2) is 47.4 Å². The lowest BCUT2D eigenvalue weighted by Crippen LogP contribution is -2.14. The molecule has 4 nitrogen and oxygen atoms in total. The average molecular weight is 365 g/mol. The van der Waals surface area contributed by atoms with Crippen LogP contribution in [0.4, 0.5) is 14.5 Å². The molecule has 0 spiro atoms. The molecule has 2 aromatic rings. The minimum Gasteiger partial charge on any atom is -0.322 e. The lowest BCUT2D eigenvalue weighted by molar-refractivity contribution is 0.102. The Kier molecular flexibility index (Phi) is 4.15. The normalized spacial score (nSPS) is 18.6. The van der Waals surface area contributed by atoms with Crippen LogP contribution < -0.4 is 5.32 Å². The largest absolute Gasteiger partial charge is 0.322 e. The van der Waals surface area contributed by atoms with Crippen molar-refractivity contribution in [1.29, 1.82) is 0 Å². The lowest BCUT2D eigenvalue weighted by Gasteiger charge is -2.10. The quantitative estimate of drug-likeness (QED) is 0.897. The van der Waals surface area contributed by atoms with Gasteiger partial charge in [-0.05, 0) is 42.3 Å². The van der Waals surface area contributed by atoms with Crippen LogP contribution in [0.5, 0.6) is 0 Å². The van der Waals surface area contributed by atoms with Crippen molar-refractivity contribution in [2.75, 3.05) is 11.6 Å². The van der Waals surface area contributed by atoms with Crippen molar-refractivity contribution in [1.82, 2.24) is 0 Å². The predicted molar refractivity (Wildman–Crippen MR) is 91.0 cm³/mol. The average Bonchev–Trinajstić information content (AvgIpc) is 3.16. The standard InChI is InChI=1S/C18H17F2NO3S/c1-11-3-8-14(25(2,23)24)9-15(11)17(22)21-13-6-4-12(5-7-13)16-10-18(16,19)20/h3-9,16H,10H2,1-2H3,(H,21,22). The molecular weight excluding hydrogens is 348 g/mol. The Morgan fingerprint density at radius 1 is 1.16 bits per heavy atom. The molecular formula is C18H17F2NO3S. The second kappa shape index (κ2) is 5.91. The molecule has 1 fully saturated rings. The van der Waals surface area contributed by atoms with Crippen molar-refractivity contribution in [3.05, 3.63) is 59.2 Å². The summed E-state index contributed by atoms with van der Waals surface area (Å²) < 4.78 is 49.4. The fourth-order valence-electron chi connectivity index (χ4n) is 2.65. The molecule has 0 bridgehead atoms. The molecule has 1 aliphatic carbocycles. The zero-order valence-corrected chi connectivity index (χ0v) is 14.5. The molecule has 3 rings (SSSR count). The van der Waals surface area contributed by atoms with Gasteiger partial charge in [0.15, 0.2) is 9.84 Å². The molecule has 2 aromatic carbocycles. The van der Waals surface area contributed by atoms with E-state index in [1.165, 1.54) is 12.1 Å². The molecule has 0 saturated heterocycles. The van der Waals surface area contributed by atoms with Gasteiger partial charge in [0.1, 0.15) is 0 Å². The van der Waals surface area contributed by atoms with E-state index >= 15 is 0 Å². The highest BCUT2D eigenvalue weighted by atomic mass is 32.2. The molecule has 0 aromatic heterocycles. The predicted octanol–water partition coefficient (Wildman–Crippen LogP) is 3.77. The molecule has 1 saturated carbocycles. The van der Waals surface area contributed by atoms with Gasteiger partial charge in [0.05, 0.1) is 10.8 Å². The van der Waals surface area contributed by atoms with Gasteiger partial charge in [-0.15, -0.1) is 0 Å². The van der Waals surface area contributed by atoms with E-state index in [1.807, 2.05) is 0 Å². The molecule has 25 heavy (non-hydrogen) atoms. The molecule has 1 unspecified atom stereocenters. The van der Waals surface area contributed by atoms with Crippen molar-refractivity contribution in [3.63, 3.8) is 0 Å². The van der Waals surface area contributed by atoms with Crippen LogP contribution >= 0.6 is 0 Å². The number of aryl methyl sites for hydroxylation is 1. The lowest BCUT2D eigenvalue weighted by atomic mass is 10.1. The Balaban J connectivity index is 1.78. The van der Waals surface area contributed by atoms with Gasteiger partial charge in [-0.3, -0.25) is 4.79 Å². The zero-order chi connectivity index (χ0) is 18.4. The molecule has 0 heterocycles. The van der Waals surface area contributed by atoms with Gasteiger partial charge in [-0.1, -0.05) is 18.2 Å². The number of carbonyl (C=O) groups is 1. The summed E-state index contributed by atoms with van der Waals surface area (Å²) >= 11 is 0. The van der Waals surface area contributed by atoms with Crippen LogP contribution in [-0.4, -0.2) is 26.5 Å². The summed E-state index contributed by atoms with van der Waals surface area (Å²) in [4.78, 5) is 12.5. The minimum atomic E-state index is -3.42. The van der Waals surface area contributed by atoms with Crippen molar-refractivity contribution in [2.45, 2.75) is 30.1 Å². The van der Waals surface area contributed by atoms with Crippen LogP contribution in [0.3, 0.4) is 0 Å². The maximum Gasteiger partial charge on any atom is 0.255 e. The highest BCUT2D eigenvalue weighted by Crippen LogP contribution is 2.55. The van der Waals surface area contributed by atoms with Crippen molar-refractivity contribution < 1.29 is 22.0 Å². The van der Waals surface area contributed by atoms with E-state index in [9.17, 15) is 22.0 Å². The summed E-state index contributed by atoms with van der Waals surface area (Å²) in [5.41, 5.74) is 1.89. The first kappa shape index (κ1) is 17.5. The Morgan fingerprint density at radius 2 is 1.76 bits per heavy atom. The summed E-state index contributed by atoms with van der Waals surface area (Å²) in [5.74, 6) is -3.83. The molecule has 0 aliphatic heterocycles. The van der Waals surface area contributed by atoms with E-state index in [4.69, 9.17) is 0 Å². The second-order valence-electron chi connectivity index (χ2n) is 6.34. The van der Waals surface area contributed by atoms with E-state index in [0.29, 0.717) is 16.8 Å². The molecule has 132 valence electrons. The number of halogens is 2. The molecule has 1 atom stereocenters. The highest BCUT2D eigenvalue weighted by molar-refractivity contribution is 7.90. The fourth-order valence-corrected chi connectivity index (χ4v) is 3.30. The maximum absolute atomic E-state index is 13.1. The third kappa shape index (κ3) is 3.71. The van der Waals surface area contributed by atoms with Crippen LogP contribution in [0.1, 0.15) is 33.8 Å². The van der Waals surface area contributed by atoms with Crippen molar-refractivity contribution >= 4 is 21.4 Å². The Hall–Kier alpha value is -2.28. The first-order chi connectivity index (χ1) is 11.6. The molecule has 1 aliphatic rings. The van der Waals surface area contributed by atoms with Gasteiger partial charge in [0.2, 0.25) is 0 Å². The maximum atomic E-state index is 13.1. The second-order valence-corrected chi connectivity index (χ2v) is 8.36. The highest BCUT2D eigenvalue weighted by Gasteiger charge is 2.57. The monoisotopic (exact) mass is 365 g/mol. The van der Waals surface area contributed by atoms with Gasteiger partial charge < -0.3 is 5.32 Å². The zero-order valence-electron chi connectivity index (χ0n) is 13.7. The molecule has 1 amide bonds. The van der Waals surface area contributed by atoms with Crippen LogP contribution in [-0.2, 0) is 9.84 Å². The third-order valence-electron chi connectivity index (χ3n) is 4.28. The van der Waals surface area contributed by atoms with Gasteiger partial charge in [-0.2, -0.15) is 0 Å². The van der Waals surface area contributed by atoms with E-state index in [2.05, 4.69) is 5.32 Å². The van der Waals surface area contributed by atoms with E-state index in [0.717, 1.165) is 6.26 Å². The van der Waals surface area contributed by atoms with E-state index in [1.54, 1.807) is 37.3 Å². The molecule has 7 heteroatoms. The number of hydrogen-bond acceptors (Lipinski definition) is 3. The molecule has 1 N–H and O–H groups in total. The first-order valence-corrected chi connectivity index (χ1v) is 9.57. The SMILES string of the molecule is Cc1ccc(S(C)(=O)=O)cc1C(=O)Nc1ccc(C2CC2(F)F)cc1. The van der Waals surface area contributed by atoms with Gasteiger partial charge in [-0.25, -0.2) is 17.2 Å². The van der Waals surface area contributed by atoms with Crippen LogP contribution in [0, 0.1) is 6.92 Å². The van der Waals surface area contributed by atoms with Gasteiger partial charge in [0.25, 0.3) is 11.8 Å². The summed E-state index contributed by atoms with van der Waals surface area (Å²) in [5, 5.41) is 2.66. The van der Waals surface area contributed by atoms with Crippen LogP contribution in [0.2, 0.25) is 0 Å². The summed E-state index contributed by atoms with van der Waals surface area (Å²) in [6.45, 7) is 1.71. The first-order valence-electron chi connectivity index (χ1n) is 7.68. The molecule has 0 radical (unpaired) electrons. The van der Waals surface area contributed by atoms with E-state index in [-0.39, 0.29) is 16.9 Å². The van der Waals surface area contributed by atoms with E-state index < -0.39 is 27.6 Å². The summed E-state index contributed by atoms with van der Waals surface area (Å²) in [6, 6.07) is 10.6. The number of benzene rings is 2. The summed E-state index contributed by atoms with van der Waals surface area (Å²) in [7, 11) is -3.42.